The van der Waals surface area contributed by atoms with Crippen molar-refractivity contribution in [3.63, 3.8) is 0 Å². The maximum absolute atomic E-state index is 11.8. The molecule has 4 heteroatoms. The van der Waals surface area contributed by atoms with Crippen LogP contribution in [0.1, 0.15) is 13.8 Å². The molecular weight excluding hydrogens is 276 g/mol. The van der Waals surface area contributed by atoms with Crippen LogP contribution in [0.5, 0.6) is 0 Å². The molecule has 22 heavy (non-hydrogen) atoms. The largest absolute Gasteiger partial charge is 0.326 e. The second kappa shape index (κ2) is 7.22. The summed E-state index contributed by atoms with van der Waals surface area (Å²) < 4.78 is 0. The molecule has 0 saturated carbocycles. The van der Waals surface area contributed by atoms with Gasteiger partial charge in [-0.25, -0.2) is 0 Å². The lowest BCUT2D eigenvalue weighted by molar-refractivity contribution is -0.114. The van der Waals surface area contributed by atoms with Gasteiger partial charge in [0, 0.05) is 23.9 Å². The summed E-state index contributed by atoms with van der Waals surface area (Å²) in [5.41, 5.74) is 3.26. The third-order valence-electron chi connectivity index (χ3n) is 3.00. The monoisotopic (exact) mass is 294 g/mol. The fraction of sp³-hybridized carbons (Fsp3) is 0.111. The number of amides is 2. The lowest BCUT2D eigenvalue weighted by Gasteiger charge is -2.11. The number of hydrogen-bond donors (Lipinski definition) is 2. The number of benzene rings is 2. The first kappa shape index (κ1) is 15.5. The van der Waals surface area contributed by atoms with E-state index in [1.54, 1.807) is 13.0 Å². The maximum Gasteiger partial charge on any atom is 0.248 e. The fourth-order valence-electron chi connectivity index (χ4n) is 2.14. The van der Waals surface area contributed by atoms with Crippen LogP contribution in [0.2, 0.25) is 0 Å². The summed E-state index contributed by atoms with van der Waals surface area (Å²) in [6.45, 7) is 3.26. The van der Waals surface area contributed by atoms with Crippen molar-refractivity contribution >= 4 is 23.2 Å². The van der Waals surface area contributed by atoms with Crippen LogP contribution in [-0.2, 0) is 9.59 Å². The Balaban J connectivity index is 2.36. The van der Waals surface area contributed by atoms with Gasteiger partial charge in [0.25, 0.3) is 0 Å². The number of para-hydroxylation sites is 1. The molecule has 0 aromatic heterocycles. The molecule has 0 aliphatic carbocycles. The summed E-state index contributed by atoms with van der Waals surface area (Å²) in [5.74, 6) is -0.292. The molecule has 0 fully saturated rings. The molecule has 2 aromatic rings. The minimum Gasteiger partial charge on any atom is -0.326 e. The van der Waals surface area contributed by atoms with E-state index in [1.807, 2.05) is 48.5 Å². The van der Waals surface area contributed by atoms with Gasteiger partial charge < -0.3 is 10.6 Å². The number of rotatable bonds is 4. The Morgan fingerprint density at radius 2 is 1.77 bits per heavy atom. The molecule has 0 aliphatic rings. The van der Waals surface area contributed by atoms with Crippen LogP contribution in [0, 0.1) is 0 Å². The van der Waals surface area contributed by atoms with Gasteiger partial charge in [-0.15, -0.1) is 0 Å². The van der Waals surface area contributed by atoms with Crippen LogP contribution >= 0.6 is 0 Å². The van der Waals surface area contributed by atoms with Crippen LogP contribution in [-0.4, -0.2) is 11.8 Å². The van der Waals surface area contributed by atoms with Crippen molar-refractivity contribution in [2.45, 2.75) is 13.8 Å². The number of carbonyl (C=O) groups excluding carboxylic acids is 2. The fourth-order valence-corrected chi connectivity index (χ4v) is 2.14. The minimum atomic E-state index is -0.173. The van der Waals surface area contributed by atoms with Gasteiger partial charge >= 0.3 is 0 Å². The van der Waals surface area contributed by atoms with Crippen LogP contribution in [0.4, 0.5) is 11.4 Å². The van der Waals surface area contributed by atoms with Crippen molar-refractivity contribution in [2.75, 3.05) is 10.6 Å². The first-order valence-electron chi connectivity index (χ1n) is 7.01. The molecular formula is C18H18N2O2. The first-order valence-corrected chi connectivity index (χ1v) is 7.01. The molecule has 0 saturated heterocycles. The van der Waals surface area contributed by atoms with Crippen molar-refractivity contribution in [3.05, 3.63) is 60.7 Å². The van der Waals surface area contributed by atoms with E-state index in [4.69, 9.17) is 0 Å². The van der Waals surface area contributed by atoms with E-state index >= 15 is 0 Å². The third kappa shape index (κ3) is 4.06. The molecule has 0 radical (unpaired) electrons. The van der Waals surface area contributed by atoms with Crippen molar-refractivity contribution in [1.82, 2.24) is 0 Å². The third-order valence-corrected chi connectivity index (χ3v) is 3.00. The minimum absolute atomic E-state index is 0.119. The SMILES string of the molecule is C/C=C/C(=O)Nc1ccccc1-c1cccc(NC(C)=O)c1. The van der Waals surface area contributed by atoms with Gasteiger partial charge in [0.05, 0.1) is 0 Å². The highest BCUT2D eigenvalue weighted by atomic mass is 16.2. The van der Waals surface area contributed by atoms with E-state index in [0.717, 1.165) is 22.5 Å². The first-order chi connectivity index (χ1) is 10.6. The van der Waals surface area contributed by atoms with Crippen molar-refractivity contribution in [2.24, 2.45) is 0 Å². The van der Waals surface area contributed by atoms with Crippen LogP contribution < -0.4 is 10.6 Å². The molecule has 2 amide bonds. The summed E-state index contributed by atoms with van der Waals surface area (Å²) in [5, 5.41) is 5.62. The summed E-state index contributed by atoms with van der Waals surface area (Å²) in [7, 11) is 0. The highest BCUT2D eigenvalue weighted by molar-refractivity contribution is 6.02. The zero-order chi connectivity index (χ0) is 15.9. The van der Waals surface area contributed by atoms with Crippen molar-refractivity contribution < 1.29 is 9.59 Å². The number of nitrogens with one attached hydrogen (secondary N) is 2. The Kier molecular flexibility index (Phi) is 5.09. The lowest BCUT2D eigenvalue weighted by atomic mass is 10.0. The van der Waals surface area contributed by atoms with E-state index in [9.17, 15) is 9.59 Å². The smallest absolute Gasteiger partial charge is 0.248 e. The lowest BCUT2D eigenvalue weighted by Crippen LogP contribution is -2.09. The highest BCUT2D eigenvalue weighted by Crippen LogP contribution is 2.29. The molecule has 0 bridgehead atoms. The predicted octanol–water partition coefficient (Wildman–Crippen LogP) is 3.83. The molecule has 0 spiro atoms. The molecule has 2 N–H and O–H groups in total. The summed E-state index contributed by atoms with van der Waals surface area (Å²) >= 11 is 0. The van der Waals surface area contributed by atoms with Crippen molar-refractivity contribution in [1.29, 1.82) is 0 Å². The summed E-state index contributed by atoms with van der Waals surface area (Å²) in [6, 6.07) is 15.1. The second-order valence-electron chi connectivity index (χ2n) is 4.80. The number of hydrogen-bond acceptors (Lipinski definition) is 2. The highest BCUT2D eigenvalue weighted by Gasteiger charge is 2.07. The number of anilines is 2. The standard InChI is InChI=1S/C18H18N2O2/c1-3-7-18(22)20-17-11-5-4-10-16(17)14-8-6-9-15(12-14)19-13(2)21/h3-12H,1-2H3,(H,19,21)(H,20,22)/b7-3+. The van der Waals surface area contributed by atoms with Gasteiger partial charge in [-0.2, -0.15) is 0 Å². The summed E-state index contributed by atoms with van der Waals surface area (Å²) in [4.78, 5) is 22.9. The van der Waals surface area contributed by atoms with Gasteiger partial charge in [-0.05, 0) is 36.8 Å². The zero-order valence-electron chi connectivity index (χ0n) is 12.6. The zero-order valence-corrected chi connectivity index (χ0v) is 12.6. The topological polar surface area (TPSA) is 58.2 Å². The second-order valence-corrected chi connectivity index (χ2v) is 4.80. The molecule has 4 nitrogen and oxygen atoms in total. The Labute approximate surface area is 129 Å². The summed E-state index contributed by atoms with van der Waals surface area (Å²) in [6.07, 6.45) is 3.17. The number of allylic oxidation sites excluding steroid dienone is 1. The quantitative estimate of drug-likeness (QED) is 0.842. The molecule has 0 aliphatic heterocycles. The molecule has 112 valence electrons. The molecule has 0 atom stereocenters. The van der Waals surface area contributed by atoms with Gasteiger partial charge in [0.2, 0.25) is 11.8 Å². The van der Waals surface area contributed by atoms with Gasteiger partial charge in [0.1, 0.15) is 0 Å². The average molecular weight is 294 g/mol. The van der Waals surface area contributed by atoms with Gasteiger partial charge in [-0.1, -0.05) is 36.4 Å². The van der Waals surface area contributed by atoms with E-state index < -0.39 is 0 Å². The molecule has 0 heterocycles. The molecule has 0 unspecified atom stereocenters. The van der Waals surface area contributed by atoms with Crippen LogP contribution in [0.25, 0.3) is 11.1 Å². The Bertz CT molecular complexity index is 721. The Morgan fingerprint density at radius 1 is 1.00 bits per heavy atom. The van der Waals surface area contributed by atoms with Crippen LogP contribution in [0.15, 0.2) is 60.7 Å². The molecule has 2 aromatic carbocycles. The predicted molar refractivity (Wildman–Crippen MR) is 89.6 cm³/mol. The van der Waals surface area contributed by atoms with E-state index in [2.05, 4.69) is 10.6 Å². The number of carbonyl (C=O) groups is 2. The van der Waals surface area contributed by atoms with Gasteiger partial charge in [-0.3, -0.25) is 9.59 Å². The average Bonchev–Trinajstić information content (AvgIpc) is 2.47. The van der Waals surface area contributed by atoms with Gasteiger partial charge in [0.15, 0.2) is 0 Å². The van der Waals surface area contributed by atoms with Crippen LogP contribution in [0.3, 0.4) is 0 Å². The molecule has 2 rings (SSSR count). The van der Waals surface area contributed by atoms with E-state index in [1.165, 1.54) is 13.0 Å². The van der Waals surface area contributed by atoms with Crippen molar-refractivity contribution in [3.8, 4) is 11.1 Å². The Hall–Kier alpha value is -2.88. The Morgan fingerprint density at radius 3 is 2.50 bits per heavy atom. The van der Waals surface area contributed by atoms with E-state index in [-0.39, 0.29) is 11.8 Å². The maximum atomic E-state index is 11.8. The normalized spacial score (nSPS) is 10.5. The van der Waals surface area contributed by atoms with E-state index in [0.29, 0.717) is 0 Å².